The van der Waals surface area contributed by atoms with E-state index < -0.39 is 0 Å². The van der Waals surface area contributed by atoms with E-state index in [4.69, 9.17) is 16.1 Å². The Hall–Kier alpha value is -3.83. The maximum Gasteiger partial charge on any atom is 0.225 e. The number of carbonyl (C=O) groups is 2. The summed E-state index contributed by atoms with van der Waals surface area (Å²) in [5, 5.41) is 3.48. The summed E-state index contributed by atoms with van der Waals surface area (Å²) in [5.74, 6) is 3.44. The number of fused-ring (bicyclic) bond motifs is 1. The molecule has 2 saturated heterocycles. The van der Waals surface area contributed by atoms with Gasteiger partial charge in [-0.25, -0.2) is 15.0 Å². The number of likely N-dealkylation sites (tertiary alicyclic amines) is 1. The summed E-state index contributed by atoms with van der Waals surface area (Å²) < 4.78 is 5.39. The van der Waals surface area contributed by atoms with Crippen LogP contribution in [0.4, 0.5) is 5.82 Å². The zero-order valence-corrected chi connectivity index (χ0v) is 18.7. The van der Waals surface area contributed by atoms with E-state index in [-0.39, 0.29) is 17.9 Å². The third kappa shape index (κ3) is 4.35. The van der Waals surface area contributed by atoms with E-state index >= 15 is 0 Å². The smallest absolute Gasteiger partial charge is 0.225 e. The number of benzene rings is 1. The molecular formula is C26H25N5O3. The molecule has 2 aliphatic heterocycles. The Morgan fingerprint density at radius 2 is 2.03 bits per heavy atom. The molecule has 4 heterocycles. The summed E-state index contributed by atoms with van der Waals surface area (Å²) in [6.07, 6.45) is 10.2. The minimum atomic E-state index is 0.0636. The van der Waals surface area contributed by atoms with Crippen molar-refractivity contribution in [2.75, 3.05) is 31.6 Å². The molecule has 0 unspecified atom stereocenters. The number of terminal acetylenes is 1. The lowest BCUT2D eigenvalue weighted by Gasteiger charge is -2.26. The molecule has 2 fully saturated rings. The van der Waals surface area contributed by atoms with Crippen LogP contribution in [0.1, 0.15) is 35.2 Å². The molecule has 3 aromatic rings. The molecular weight excluding hydrogens is 430 g/mol. The van der Waals surface area contributed by atoms with Crippen LogP contribution in [0, 0.1) is 18.3 Å². The molecule has 8 nitrogen and oxygen atoms in total. The number of aldehydes is 1. The number of amides is 1. The predicted molar refractivity (Wildman–Crippen MR) is 128 cm³/mol. The van der Waals surface area contributed by atoms with Crippen molar-refractivity contribution in [1.82, 2.24) is 19.9 Å². The van der Waals surface area contributed by atoms with Gasteiger partial charge in [0.1, 0.15) is 11.8 Å². The Kier molecular flexibility index (Phi) is 6.19. The molecule has 0 spiro atoms. The standard InChI is InChI=1S/C26H25N5O3/c1-2-17-3-4-19(13-20(17)15-32)22-5-6-23-24(30-22)25(28-16-27-23)29-21-7-10-31(14-21)26(33)18-8-11-34-12-9-18/h1,3-6,13,15-16,18,21H,7-12,14H2,(H,27,28,29)/t21-/m0/s1. The van der Waals surface area contributed by atoms with Crippen molar-refractivity contribution in [3.8, 4) is 23.6 Å². The highest BCUT2D eigenvalue weighted by Gasteiger charge is 2.32. The van der Waals surface area contributed by atoms with Crippen molar-refractivity contribution in [3.05, 3.63) is 47.8 Å². The quantitative estimate of drug-likeness (QED) is 0.467. The van der Waals surface area contributed by atoms with E-state index in [1.165, 1.54) is 6.33 Å². The van der Waals surface area contributed by atoms with E-state index in [1.807, 2.05) is 23.1 Å². The monoisotopic (exact) mass is 455 g/mol. The largest absolute Gasteiger partial charge is 0.381 e. The van der Waals surface area contributed by atoms with Gasteiger partial charge in [0, 0.05) is 55.0 Å². The number of anilines is 1. The van der Waals surface area contributed by atoms with Crippen LogP contribution in [0.5, 0.6) is 0 Å². The Bertz CT molecular complexity index is 1280. The van der Waals surface area contributed by atoms with Crippen LogP contribution in [0.2, 0.25) is 0 Å². The fourth-order valence-electron chi connectivity index (χ4n) is 4.63. The highest BCUT2D eigenvalue weighted by atomic mass is 16.5. The lowest BCUT2D eigenvalue weighted by Crippen LogP contribution is -2.38. The molecule has 2 aliphatic rings. The third-order valence-electron chi connectivity index (χ3n) is 6.52. The Morgan fingerprint density at radius 3 is 2.82 bits per heavy atom. The van der Waals surface area contributed by atoms with E-state index in [0.717, 1.165) is 37.7 Å². The molecule has 2 aromatic heterocycles. The molecule has 1 aromatic carbocycles. The number of hydrogen-bond donors (Lipinski definition) is 1. The number of hydrogen-bond acceptors (Lipinski definition) is 7. The Labute approximate surface area is 197 Å². The van der Waals surface area contributed by atoms with E-state index in [0.29, 0.717) is 53.4 Å². The van der Waals surface area contributed by atoms with Gasteiger partial charge in [-0.15, -0.1) is 6.42 Å². The van der Waals surface area contributed by atoms with Gasteiger partial charge in [0.15, 0.2) is 12.1 Å². The number of nitrogens with one attached hydrogen (secondary N) is 1. The molecule has 5 rings (SSSR count). The first-order valence-electron chi connectivity index (χ1n) is 11.5. The molecule has 8 heteroatoms. The van der Waals surface area contributed by atoms with Crippen LogP contribution in [0.15, 0.2) is 36.7 Å². The topological polar surface area (TPSA) is 97.3 Å². The molecule has 1 N–H and O–H groups in total. The lowest BCUT2D eigenvalue weighted by atomic mass is 9.99. The fraction of sp³-hybridized carbons (Fsp3) is 0.346. The summed E-state index contributed by atoms with van der Waals surface area (Å²) in [7, 11) is 0. The van der Waals surface area contributed by atoms with E-state index in [9.17, 15) is 9.59 Å². The summed E-state index contributed by atoms with van der Waals surface area (Å²) in [6.45, 7) is 2.68. The molecule has 1 amide bonds. The summed E-state index contributed by atoms with van der Waals surface area (Å²) >= 11 is 0. The highest BCUT2D eigenvalue weighted by Crippen LogP contribution is 2.27. The van der Waals surface area contributed by atoms with Gasteiger partial charge in [-0.1, -0.05) is 12.0 Å². The summed E-state index contributed by atoms with van der Waals surface area (Å²) in [4.78, 5) is 39.8. The van der Waals surface area contributed by atoms with Crippen molar-refractivity contribution in [2.45, 2.75) is 25.3 Å². The lowest BCUT2D eigenvalue weighted by molar-refractivity contribution is -0.137. The summed E-state index contributed by atoms with van der Waals surface area (Å²) in [6, 6.07) is 9.17. The van der Waals surface area contributed by atoms with Crippen molar-refractivity contribution in [2.24, 2.45) is 5.92 Å². The van der Waals surface area contributed by atoms with Gasteiger partial charge >= 0.3 is 0 Å². The fourth-order valence-corrected chi connectivity index (χ4v) is 4.63. The van der Waals surface area contributed by atoms with E-state index in [1.54, 1.807) is 12.1 Å². The number of ether oxygens (including phenoxy) is 1. The number of rotatable bonds is 5. The second kappa shape index (κ2) is 9.57. The first-order chi connectivity index (χ1) is 16.7. The SMILES string of the molecule is C#Cc1ccc(-c2ccc3ncnc(N[C@H]4CCN(C(=O)C5CCOCC5)C4)c3n2)cc1C=O. The van der Waals surface area contributed by atoms with Gasteiger partial charge in [0.2, 0.25) is 5.91 Å². The van der Waals surface area contributed by atoms with Gasteiger partial charge in [-0.2, -0.15) is 0 Å². The maximum absolute atomic E-state index is 12.9. The summed E-state index contributed by atoms with van der Waals surface area (Å²) in [5.41, 5.74) is 3.83. The van der Waals surface area contributed by atoms with Crippen LogP contribution >= 0.6 is 0 Å². The van der Waals surface area contributed by atoms with Crippen molar-refractivity contribution in [3.63, 3.8) is 0 Å². The number of pyridine rings is 1. The molecule has 172 valence electrons. The van der Waals surface area contributed by atoms with E-state index in [2.05, 4.69) is 21.2 Å². The molecule has 0 bridgehead atoms. The van der Waals surface area contributed by atoms with Crippen molar-refractivity contribution < 1.29 is 14.3 Å². The Balaban J connectivity index is 1.37. The van der Waals surface area contributed by atoms with Crippen molar-refractivity contribution >= 4 is 29.0 Å². The van der Waals surface area contributed by atoms with Gasteiger partial charge in [0.05, 0.1) is 11.2 Å². The minimum Gasteiger partial charge on any atom is -0.381 e. The second-order valence-electron chi connectivity index (χ2n) is 8.65. The molecule has 1 atom stereocenters. The number of aromatic nitrogens is 3. The normalized spacial score (nSPS) is 18.6. The van der Waals surface area contributed by atoms with Crippen LogP contribution < -0.4 is 5.32 Å². The Morgan fingerprint density at radius 1 is 1.18 bits per heavy atom. The molecule has 0 radical (unpaired) electrons. The third-order valence-corrected chi connectivity index (χ3v) is 6.52. The maximum atomic E-state index is 12.9. The van der Waals surface area contributed by atoms with Crippen LogP contribution in [0.25, 0.3) is 22.3 Å². The number of nitrogens with zero attached hydrogens (tertiary/aromatic N) is 4. The average molecular weight is 456 g/mol. The zero-order valence-electron chi connectivity index (χ0n) is 18.7. The van der Waals surface area contributed by atoms with Gasteiger partial charge in [-0.05, 0) is 43.5 Å². The predicted octanol–water partition coefficient (Wildman–Crippen LogP) is 2.93. The first-order valence-corrected chi connectivity index (χ1v) is 11.5. The molecule has 0 saturated carbocycles. The first kappa shape index (κ1) is 22.0. The number of carbonyl (C=O) groups excluding carboxylic acids is 2. The van der Waals surface area contributed by atoms with Crippen LogP contribution in [-0.4, -0.2) is 64.4 Å². The van der Waals surface area contributed by atoms with Crippen LogP contribution in [0.3, 0.4) is 0 Å². The van der Waals surface area contributed by atoms with Gasteiger partial charge < -0.3 is 15.0 Å². The average Bonchev–Trinajstić information content (AvgIpc) is 3.36. The zero-order chi connectivity index (χ0) is 23.5. The van der Waals surface area contributed by atoms with Crippen LogP contribution in [-0.2, 0) is 9.53 Å². The molecule has 0 aliphatic carbocycles. The minimum absolute atomic E-state index is 0.0636. The highest BCUT2D eigenvalue weighted by molar-refractivity contribution is 5.88. The van der Waals surface area contributed by atoms with Crippen molar-refractivity contribution in [1.29, 1.82) is 0 Å². The second-order valence-corrected chi connectivity index (χ2v) is 8.65. The van der Waals surface area contributed by atoms with Gasteiger partial charge in [-0.3, -0.25) is 9.59 Å². The van der Waals surface area contributed by atoms with Gasteiger partial charge in [0.25, 0.3) is 0 Å². The molecule has 34 heavy (non-hydrogen) atoms.